The van der Waals surface area contributed by atoms with Gasteiger partial charge in [-0.25, -0.2) is 9.37 Å². The van der Waals surface area contributed by atoms with Crippen molar-refractivity contribution in [3.05, 3.63) is 51.8 Å². The van der Waals surface area contributed by atoms with Crippen LogP contribution in [0.15, 0.2) is 50.9 Å². The fourth-order valence-corrected chi connectivity index (χ4v) is 2.50. The number of rotatable bonds is 2. The van der Waals surface area contributed by atoms with Crippen LogP contribution in [0.1, 0.15) is 0 Å². The Morgan fingerprint density at radius 1 is 1.31 bits per heavy atom. The van der Waals surface area contributed by atoms with Gasteiger partial charge >= 0.3 is 0 Å². The Bertz CT molecular complexity index is 521. The van der Waals surface area contributed by atoms with Gasteiger partial charge in [0.25, 0.3) is 0 Å². The molecule has 2 aromatic rings. The lowest BCUT2D eigenvalue weighted by atomic mass is 10.4. The molecule has 0 aliphatic carbocycles. The second-order valence-electron chi connectivity index (χ2n) is 3.00. The van der Waals surface area contributed by atoms with Crippen LogP contribution in [-0.4, -0.2) is 4.98 Å². The molecule has 82 valence electrons. The normalized spacial score (nSPS) is 10.4. The summed E-state index contributed by atoms with van der Waals surface area (Å²) in [5.41, 5.74) is 0. The van der Waals surface area contributed by atoms with Crippen molar-refractivity contribution < 1.29 is 4.39 Å². The van der Waals surface area contributed by atoms with E-state index in [1.54, 1.807) is 18.3 Å². The molecule has 0 saturated carbocycles. The molecule has 0 amide bonds. The van der Waals surface area contributed by atoms with Crippen molar-refractivity contribution in [1.82, 2.24) is 4.98 Å². The first-order valence-electron chi connectivity index (χ1n) is 4.39. The fraction of sp³-hybridized carbons (Fsp3) is 0. The van der Waals surface area contributed by atoms with Gasteiger partial charge in [0.1, 0.15) is 5.03 Å². The number of nitrogens with zero attached hydrogens (tertiary/aromatic N) is 1. The van der Waals surface area contributed by atoms with Gasteiger partial charge in [-0.05, 0) is 40.2 Å². The molecular formula is C11H6BrClFNS. The maximum atomic E-state index is 13.5. The summed E-state index contributed by atoms with van der Waals surface area (Å²) >= 11 is 10.2. The topological polar surface area (TPSA) is 12.9 Å². The van der Waals surface area contributed by atoms with E-state index < -0.39 is 0 Å². The Kier molecular flexibility index (Phi) is 3.84. The van der Waals surface area contributed by atoms with Crippen LogP contribution in [0, 0.1) is 5.82 Å². The highest BCUT2D eigenvalue weighted by atomic mass is 79.9. The summed E-state index contributed by atoms with van der Waals surface area (Å²) in [6.07, 6.45) is 1.57. The second-order valence-corrected chi connectivity index (χ2v) is 5.41. The molecule has 5 heteroatoms. The molecule has 0 radical (unpaired) electrons. The molecule has 0 aliphatic heterocycles. The van der Waals surface area contributed by atoms with Crippen LogP contribution in [0.5, 0.6) is 0 Å². The Balaban J connectivity index is 2.27. The Morgan fingerprint density at radius 2 is 2.12 bits per heavy atom. The van der Waals surface area contributed by atoms with Crippen molar-refractivity contribution in [1.29, 1.82) is 0 Å². The van der Waals surface area contributed by atoms with Crippen LogP contribution in [0.25, 0.3) is 0 Å². The summed E-state index contributed by atoms with van der Waals surface area (Å²) < 4.78 is 14.1. The lowest BCUT2D eigenvalue weighted by Gasteiger charge is -2.02. The van der Waals surface area contributed by atoms with E-state index in [4.69, 9.17) is 11.6 Å². The Morgan fingerprint density at radius 3 is 2.81 bits per heavy atom. The van der Waals surface area contributed by atoms with Crippen molar-refractivity contribution in [2.24, 2.45) is 0 Å². The summed E-state index contributed by atoms with van der Waals surface area (Å²) in [4.78, 5) is 4.86. The van der Waals surface area contributed by atoms with Gasteiger partial charge in [0.15, 0.2) is 5.82 Å². The van der Waals surface area contributed by atoms with Crippen molar-refractivity contribution >= 4 is 39.3 Å². The van der Waals surface area contributed by atoms with Gasteiger partial charge in [-0.15, -0.1) is 0 Å². The highest BCUT2D eigenvalue weighted by Gasteiger charge is 2.06. The van der Waals surface area contributed by atoms with Gasteiger partial charge in [-0.2, -0.15) is 0 Å². The minimum atomic E-state index is -0.348. The Hall–Kier alpha value is -0.580. The quantitative estimate of drug-likeness (QED) is 0.790. The molecular weight excluding hydrogens is 313 g/mol. The van der Waals surface area contributed by atoms with E-state index in [0.29, 0.717) is 14.5 Å². The van der Waals surface area contributed by atoms with Gasteiger partial charge in [0, 0.05) is 20.6 Å². The van der Waals surface area contributed by atoms with Crippen molar-refractivity contribution in [3.8, 4) is 0 Å². The van der Waals surface area contributed by atoms with E-state index in [9.17, 15) is 4.39 Å². The largest absolute Gasteiger partial charge is 0.245 e. The van der Waals surface area contributed by atoms with Crippen molar-refractivity contribution in [2.75, 3.05) is 0 Å². The molecule has 0 aliphatic rings. The smallest absolute Gasteiger partial charge is 0.156 e. The molecule has 0 N–H and O–H groups in total. The summed E-state index contributed by atoms with van der Waals surface area (Å²) in [6.45, 7) is 0. The molecule has 1 aromatic heterocycles. The molecule has 1 nitrogen and oxygen atoms in total. The SMILES string of the molecule is Fc1cc(Br)cnc1Sc1cccc(Cl)c1. The molecule has 0 atom stereocenters. The number of pyridine rings is 1. The predicted octanol–water partition coefficient (Wildman–Crippen LogP) is 4.79. The number of hydrogen-bond acceptors (Lipinski definition) is 2. The van der Waals surface area contributed by atoms with Gasteiger partial charge in [0.2, 0.25) is 0 Å². The molecule has 0 unspecified atom stereocenters. The second kappa shape index (κ2) is 5.17. The molecule has 0 bridgehead atoms. The van der Waals surface area contributed by atoms with Crippen LogP contribution in [0.2, 0.25) is 5.02 Å². The van der Waals surface area contributed by atoms with Gasteiger partial charge < -0.3 is 0 Å². The zero-order chi connectivity index (χ0) is 11.5. The van der Waals surface area contributed by atoms with Crippen LogP contribution in [0.3, 0.4) is 0 Å². The molecule has 0 fully saturated rings. The zero-order valence-corrected chi connectivity index (χ0v) is 11.1. The van der Waals surface area contributed by atoms with Crippen LogP contribution < -0.4 is 0 Å². The predicted molar refractivity (Wildman–Crippen MR) is 67.5 cm³/mol. The number of halogens is 3. The maximum absolute atomic E-state index is 13.5. The zero-order valence-electron chi connectivity index (χ0n) is 7.95. The van der Waals surface area contributed by atoms with Gasteiger partial charge in [-0.3, -0.25) is 0 Å². The number of hydrogen-bond donors (Lipinski definition) is 0. The van der Waals surface area contributed by atoms with Crippen LogP contribution in [-0.2, 0) is 0 Å². The molecule has 1 heterocycles. The standard InChI is InChI=1S/C11H6BrClFNS/c12-7-4-10(14)11(15-6-7)16-9-3-1-2-8(13)5-9/h1-6H. The third kappa shape index (κ3) is 2.97. The first-order chi connectivity index (χ1) is 7.65. The summed E-state index contributed by atoms with van der Waals surface area (Å²) in [5.74, 6) is -0.348. The molecule has 0 saturated heterocycles. The third-order valence-electron chi connectivity index (χ3n) is 1.78. The minimum absolute atomic E-state index is 0.338. The Labute approximate surface area is 110 Å². The van der Waals surface area contributed by atoms with Crippen LogP contribution in [0.4, 0.5) is 4.39 Å². The lowest BCUT2D eigenvalue weighted by molar-refractivity contribution is 0.586. The van der Waals surface area contributed by atoms with E-state index >= 15 is 0 Å². The van der Waals surface area contributed by atoms with Crippen molar-refractivity contribution in [3.63, 3.8) is 0 Å². The van der Waals surface area contributed by atoms with E-state index in [-0.39, 0.29) is 5.82 Å². The molecule has 0 spiro atoms. The number of benzene rings is 1. The van der Waals surface area contributed by atoms with E-state index in [0.717, 1.165) is 4.90 Å². The first kappa shape index (κ1) is 11.9. The van der Waals surface area contributed by atoms with E-state index in [2.05, 4.69) is 20.9 Å². The number of aromatic nitrogens is 1. The minimum Gasteiger partial charge on any atom is -0.245 e. The highest BCUT2D eigenvalue weighted by Crippen LogP contribution is 2.30. The average Bonchev–Trinajstić information content (AvgIpc) is 2.22. The molecule has 16 heavy (non-hydrogen) atoms. The summed E-state index contributed by atoms with van der Waals surface area (Å²) in [6, 6.07) is 8.62. The summed E-state index contributed by atoms with van der Waals surface area (Å²) in [5, 5.41) is 0.966. The average molecular weight is 319 g/mol. The molecule has 1 aromatic carbocycles. The maximum Gasteiger partial charge on any atom is 0.156 e. The fourth-order valence-electron chi connectivity index (χ4n) is 1.12. The van der Waals surface area contributed by atoms with E-state index in [1.165, 1.54) is 17.8 Å². The molecule has 2 rings (SSSR count). The summed E-state index contributed by atoms with van der Waals surface area (Å²) in [7, 11) is 0. The van der Waals surface area contributed by atoms with Crippen molar-refractivity contribution in [2.45, 2.75) is 9.92 Å². The van der Waals surface area contributed by atoms with Gasteiger partial charge in [-0.1, -0.05) is 29.4 Å². The first-order valence-corrected chi connectivity index (χ1v) is 6.38. The highest BCUT2D eigenvalue weighted by molar-refractivity contribution is 9.10. The van der Waals surface area contributed by atoms with Crippen LogP contribution >= 0.6 is 39.3 Å². The monoisotopic (exact) mass is 317 g/mol. The van der Waals surface area contributed by atoms with E-state index in [1.807, 2.05) is 12.1 Å². The third-order valence-corrected chi connectivity index (χ3v) is 3.44. The lowest BCUT2D eigenvalue weighted by Crippen LogP contribution is -1.86. The van der Waals surface area contributed by atoms with Gasteiger partial charge in [0.05, 0.1) is 0 Å².